The first-order chi connectivity index (χ1) is 11.8. The van der Waals surface area contributed by atoms with Crippen LogP contribution in [0.2, 0.25) is 0 Å². The maximum absolute atomic E-state index is 12.9. The van der Waals surface area contributed by atoms with Crippen molar-refractivity contribution in [3.63, 3.8) is 0 Å². The Hall–Kier alpha value is -3.30. The van der Waals surface area contributed by atoms with E-state index in [0.29, 0.717) is 5.56 Å². The van der Waals surface area contributed by atoms with Crippen LogP contribution in [0.3, 0.4) is 0 Å². The minimum Gasteiger partial charge on any atom is -0.480 e. The molecule has 0 unspecified atom stereocenters. The number of halogens is 1. The quantitative estimate of drug-likeness (QED) is 0.568. The molecule has 0 spiro atoms. The number of nitrogens with zero attached hydrogens (tertiary/aromatic N) is 4. The van der Waals surface area contributed by atoms with Crippen molar-refractivity contribution in [3.05, 3.63) is 58.2 Å². The number of hydrogen-bond acceptors (Lipinski definition) is 5. The van der Waals surface area contributed by atoms with Gasteiger partial charge in [0, 0.05) is 19.5 Å². The molecule has 0 saturated carbocycles. The lowest BCUT2D eigenvalue weighted by Gasteiger charge is -2.21. The number of carbonyl (C=O) groups excluding carboxylic acids is 1. The molecule has 1 aromatic heterocycles. The first-order valence-corrected chi connectivity index (χ1v) is 7.26. The molecule has 0 aliphatic carbocycles. The number of hydrogen-bond donors (Lipinski definition) is 1. The number of carboxylic acid groups (broad SMARTS) is 1. The molecule has 0 atom stereocenters. The van der Waals surface area contributed by atoms with Crippen molar-refractivity contribution in [2.75, 3.05) is 6.54 Å². The van der Waals surface area contributed by atoms with E-state index in [0.717, 1.165) is 11.1 Å². The first kappa shape index (κ1) is 18.0. The highest BCUT2D eigenvalue weighted by Gasteiger charge is 2.18. The molecular weight excluding hydrogens is 335 g/mol. The van der Waals surface area contributed by atoms with E-state index in [-0.39, 0.29) is 25.2 Å². The van der Waals surface area contributed by atoms with Gasteiger partial charge in [0.1, 0.15) is 24.8 Å². The SMILES string of the molecule is O=C(O)CN(Cc1ccc(F)cc1)C(=O)CCn1cc([N+](=O)[O-])cn1. The van der Waals surface area contributed by atoms with E-state index in [9.17, 15) is 24.1 Å². The maximum Gasteiger partial charge on any atom is 0.323 e. The average molecular weight is 350 g/mol. The Labute approximate surface area is 141 Å². The Morgan fingerprint density at radius 1 is 1.32 bits per heavy atom. The van der Waals surface area contributed by atoms with Crippen LogP contribution in [0.4, 0.5) is 10.1 Å². The molecular formula is C15H15FN4O5. The third-order valence-corrected chi connectivity index (χ3v) is 3.35. The third kappa shape index (κ3) is 5.37. The second-order valence-electron chi connectivity index (χ2n) is 5.24. The number of carbonyl (C=O) groups is 2. The maximum atomic E-state index is 12.9. The van der Waals surface area contributed by atoms with Gasteiger partial charge in [-0.25, -0.2) is 4.39 Å². The fourth-order valence-electron chi connectivity index (χ4n) is 2.14. The number of carboxylic acids is 1. The minimum absolute atomic E-state index is 0.0185. The zero-order valence-corrected chi connectivity index (χ0v) is 13.0. The molecule has 1 amide bonds. The number of aryl methyl sites for hydroxylation is 1. The Bertz CT molecular complexity index is 774. The van der Waals surface area contributed by atoms with Gasteiger partial charge in [0.2, 0.25) is 5.91 Å². The number of aromatic nitrogens is 2. The summed E-state index contributed by atoms with van der Waals surface area (Å²) in [6.07, 6.45) is 2.18. The van der Waals surface area contributed by atoms with Gasteiger partial charge < -0.3 is 10.0 Å². The standard InChI is InChI=1S/C15H15FN4O5/c16-12-3-1-11(2-4-12)8-18(10-15(22)23)14(21)5-6-19-9-13(7-17-19)20(24)25/h1-4,7,9H,5-6,8,10H2,(H,22,23). The van der Waals surface area contributed by atoms with Crippen LogP contribution in [0.1, 0.15) is 12.0 Å². The zero-order chi connectivity index (χ0) is 18.4. The fourth-order valence-corrected chi connectivity index (χ4v) is 2.14. The molecule has 0 bridgehead atoms. The summed E-state index contributed by atoms with van der Waals surface area (Å²) in [4.78, 5) is 34.4. The molecule has 132 valence electrons. The van der Waals surface area contributed by atoms with Crippen molar-refractivity contribution in [2.45, 2.75) is 19.5 Å². The van der Waals surface area contributed by atoms with Crippen molar-refractivity contribution in [1.82, 2.24) is 14.7 Å². The van der Waals surface area contributed by atoms with E-state index in [2.05, 4.69) is 5.10 Å². The largest absolute Gasteiger partial charge is 0.480 e. The Morgan fingerprint density at radius 2 is 2.00 bits per heavy atom. The van der Waals surface area contributed by atoms with Crippen LogP contribution < -0.4 is 0 Å². The number of aliphatic carboxylic acids is 1. The number of amides is 1. The van der Waals surface area contributed by atoms with Gasteiger partial charge >= 0.3 is 11.7 Å². The summed E-state index contributed by atoms with van der Waals surface area (Å²) in [6.45, 7) is -0.410. The molecule has 1 N–H and O–H groups in total. The monoisotopic (exact) mass is 350 g/mol. The van der Waals surface area contributed by atoms with Crippen LogP contribution in [0.5, 0.6) is 0 Å². The zero-order valence-electron chi connectivity index (χ0n) is 13.0. The lowest BCUT2D eigenvalue weighted by molar-refractivity contribution is -0.385. The summed E-state index contributed by atoms with van der Waals surface area (Å²) in [5.41, 5.74) is 0.395. The van der Waals surface area contributed by atoms with Gasteiger partial charge in [-0.2, -0.15) is 5.10 Å². The second-order valence-corrected chi connectivity index (χ2v) is 5.24. The Kier molecular flexibility index (Phi) is 5.77. The van der Waals surface area contributed by atoms with Crippen LogP contribution in [-0.4, -0.2) is 43.1 Å². The van der Waals surface area contributed by atoms with E-state index in [4.69, 9.17) is 5.11 Å². The van der Waals surface area contributed by atoms with E-state index < -0.39 is 29.2 Å². The molecule has 0 fully saturated rings. The average Bonchev–Trinajstić information content (AvgIpc) is 3.03. The highest BCUT2D eigenvalue weighted by Crippen LogP contribution is 2.11. The van der Waals surface area contributed by atoms with Crippen molar-refractivity contribution in [2.24, 2.45) is 0 Å². The normalized spacial score (nSPS) is 10.4. The van der Waals surface area contributed by atoms with E-state index in [1.54, 1.807) is 0 Å². The highest BCUT2D eigenvalue weighted by molar-refractivity contribution is 5.81. The van der Waals surface area contributed by atoms with Crippen LogP contribution in [0.15, 0.2) is 36.7 Å². The van der Waals surface area contributed by atoms with Gasteiger partial charge in [-0.3, -0.25) is 24.4 Å². The Balaban J connectivity index is 2.00. The summed E-state index contributed by atoms with van der Waals surface area (Å²) >= 11 is 0. The van der Waals surface area contributed by atoms with Crippen molar-refractivity contribution in [3.8, 4) is 0 Å². The van der Waals surface area contributed by atoms with Crippen molar-refractivity contribution < 1.29 is 24.0 Å². The number of rotatable bonds is 8. The molecule has 0 aliphatic heterocycles. The molecule has 25 heavy (non-hydrogen) atoms. The molecule has 1 heterocycles. The molecule has 2 rings (SSSR count). The van der Waals surface area contributed by atoms with Crippen molar-refractivity contribution >= 4 is 17.6 Å². The minimum atomic E-state index is -1.18. The van der Waals surface area contributed by atoms with Crippen LogP contribution >= 0.6 is 0 Å². The van der Waals surface area contributed by atoms with Crippen LogP contribution in [-0.2, 0) is 22.7 Å². The highest BCUT2D eigenvalue weighted by atomic mass is 19.1. The molecule has 0 saturated heterocycles. The van der Waals surface area contributed by atoms with E-state index in [1.807, 2.05) is 0 Å². The van der Waals surface area contributed by atoms with Gasteiger partial charge in [0.15, 0.2) is 0 Å². The fraction of sp³-hybridized carbons (Fsp3) is 0.267. The summed E-state index contributed by atoms with van der Waals surface area (Å²) in [5.74, 6) is -2.06. The van der Waals surface area contributed by atoms with Crippen molar-refractivity contribution in [1.29, 1.82) is 0 Å². The second kappa shape index (κ2) is 7.99. The van der Waals surface area contributed by atoms with E-state index in [1.165, 1.54) is 35.1 Å². The molecule has 10 heteroatoms. The predicted octanol–water partition coefficient (Wildman–Crippen LogP) is 1.43. The molecule has 2 aromatic rings. The van der Waals surface area contributed by atoms with Gasteiger partial charge in [-0.1, -0.05) is 12.1 Å². The van der Waals surface area contributed by atoms with E-state index >= 15 is 0 Å². The molecule has 9 nitrogen and oxygen atoms in total. The number of benzene rings is 1. The van der Waals surface area contributed by atoms with Gasteiger partial charge in [-0.15, -0.1) is 0 Å². The lowest BCUT2D eigenvalue weighted by atomic mass is 10.2. The lowest BCUT2D eigenvalue weighted by Crippen LogP contribution is -2.35. The third-order valence-electron chi connectivity index (χ3n) is 3.35. The summed E-state index contributed by atoms with van der Waals surface area (Å²) < 4.78 is 14.2. The van der Waals surface area contributed by atoms with Crippen LogP contribution in [0, 0.1) is 15.9 Å². The smallest absolute Gasteiger partial charge is 0.323 e. The van der Waals surface area contributed by atoms with Crippen LogP contribution in [0.25, 0.3) is 0 Å². The predicted molar refractivity (Wildman–Crippen MR) is 83.0 cm³/mol. The summed E-state index contributed by atoms with van der Waals surface area (Å²) in [5, 5.41) is 23.3. The molecule has 0 aliphatic rings. The first-order valence-electron chi connectivity index (χ1n) is 7.26. The summed E-state index contributed by atoms with van der Waals surface area (Å²) in [7, 11) is 0. The molecule has 0 radical (unpaired) electrons. The topological polar surface area (TPSA) is 119 Å². The van der Waals surface area contributed by atoms with Gasteiger partial charge in [0.25, 0.3) is 0 Å². The number of nitro groups is 1. The summed E-state index contributed by atoms with van der Waals surface area (Å²) in [6, 6.07) is 5.38. The van der Waals surface area contributed by atoms with Gasteiger partial charge in [0.05, 0.1) is 4.92 Å². The molecule has 1 aromatic carbocycles. The van der Waals surface area contributed by atoms with Gasteiger partial charge in [-0.05, 0) is 17.7 Å². The Morgan fingerprint density at radius 3 is 2.56 bits per heavy atom.